The lowest BCUT2D eigenvalue weighted by atomic mass is 10.1. The Hall–Kier alpha value is -2.56. The topological polar surface area (TPSA) is 68.3 Å². The number of amides is 1. The minimum absolute atomic E-state index is 0.00168. The lowest BCUT2D eigenvalue weighted by Crippen LogP contribution is -2.35. The fourth-order valence-corrected chi connectivity index (χ4v) is 2.33. The highest BCUT2D eigenvalue weighted by molar-refractivity contribution is 5.86. The summed E-state index contributed by atoms with van der Waals surface area (Å²) in [6.45, 7) is 1.95. The number of hydrogen-bond donors (Lipinski definition) is 1. The van der Waals surface area contributed by atoms with Crippen molar-refractivity contribution < 1.29 is 13.7 Å². The van der Waals surface area contributed by atoms with E-state index in [0.29, 0.717) is 17.7 Å². The van der Waals surface area contributed by atoms with Gasteiger partial charge in [0.1, 0.15) is 11.5 Å². The van der Waals surface area contributed by atoms with Gasteiger partial charge in [-0.15, -0.1) is 0 Å². The average Bonchev–Trinajstić information content (AvgIpc) is 3.09. The van der Waals surface area contributed by atoms with Gasteiger partial charge in [0.25, 0.3) is 0 Å². The van der Waals surface area contributed by atoms with Gasteiger partial charge in [0.2, 0.25) is 5.91 Å². The Morgan fingerprint density at radius 2 is 2.14 bits per heavy atom. The van der Waals surface area contributed by atoms with Gasteiger partial charge in [0.05, 0.1) is 12.7 Å². The Morgan fingerprint density at radius 1 is 1.29 bits per heavy atom. The van der Waals surface area contributed by atoms with E-state index in [9.17, 15) is 4.79 Å². The third kappa shape index (κ3) is 3.13. The first-order chi connectivity index (χ1) is 10.2. The van der Waals surface area contributed by atoms with Crippen LogP contribution in [0.15, 0.2) is 51.6 Å². The lowest BCUT2D eigenvalue weighted by molar-refractivity contribution is -0.121. The highest BCUT2D eigenvalue weighted by atomic mass is 16.5. The Kier molecular flexibility index (Phi) is 3.73. The summed E-state index contributed by atoms with van der Waals surface area (Å²) in [5, 5.41) is 7.79. The fraction of sp³-hybridized carbons (Fsp3) is 0.250. The van der Waals surface area contributed by atoms with Crippen LogP contribution in [0.5, 0.6) is 0 Å². The largest absolute Gasteiger partial charge is 0.469 e. The van der Waals surface area contributed by atoms with E-state index in [1.54, 1.807) is 6.26 Å². The molecule has 108 valence electrons. The highest BCUT2D eigenvalue weighted by Gasteiger charge is 2.14. The molecule has 21 heavy (non-hydrogen) atoms. The van der Waals surface area contributed by atoms with Crippen molar-refractivity contribution in [3.05, 3.63) is 54.1 Å². The minimum Gasteiger partial charge on any atom is -0.469 e. The van der Waals surface area contributed by atoms with Crippen molar-refractivity contribution in [2.24, 2.45) is 0 Å². The van der Waals surface area contributed by atoms with Crippen LogP contribution in [0.3, 0.4) is 0 Å². The Balaban J connectivity index is 1.61. The Morgan fingerprint density at radius 3 is 2.95 bits per heavy atom. The Labute approximate surface area is 121 Å². The molecule has 2 aromatic heterocycles. The zero-order chi connectivity index (χ0) is 14.7. The molecule has 3 aromatic rings. The van der Waals surface area contributed by atoms with Crippen LogP contribution in [0.4, 0.5) is 0 Å². The van der Waals surface area contributed by atoms with Crippen LogP contribution in [-0.4, -0.2) is 17.1 Å². The highest BCUT2D eigenvalue weighted by Crippen LogP contribution is 2.18. The van der Waals surface area contributed by atoms with Gasteiger partial charge in [-0.2, -0.15) is 0 Å². The SMILES string of the molecule is C[C@@H](Cc1ccco1)NC(=O)Cc1noc2ccccc12. The molecule has 1 atom stereocenters. The number of hydrogen-bond acceptors (Lipinski definition) is 4. The molecule has 0 aliphatic heterocycles. The molecule has 2 heterocycles. The Bertz CT molecular complexity index is 731. The summed E-state index contributed by atoms with van der Waals surface area (Å²) in [5.41, 5.74) is 1.36. The van der Waals surface area contributed by atoms with Gasteiger partial charge in [-0.3, -0.25) is 4.79 Å². The molecule has 5 nitrogen and oxygen atoms in total. The molecule has 0 radical (unpaired) electrons. The van der Waals surface area contributed by atoms with Gasteiger partial charge < -0.3 is 14.3 Å². The lowest BCUT2D eigenvalue weighted by Gasteiger charge is -2.11. The molecule has 0 aliphatic rings. The van der Waals surface area contributed by atoms with Crippen molar-refractivity contribution in [1.29, 1.82) is 0 Å². The summed E-state index contributed by atoms with van der Waals surface area (Å²) in [4.78, 5) is 12.1. The normalized spacial score (nSPS) is 12.4. The van der Waals surface area contributed by atoms with Gasteiger partial charge >= 0.3 is 0 Å². The third-order valence-electron chi connectivity index (χ3n) is 3.28. The van der Waals surface area contributed by atoms with Gasteiger partial charge in [-0.25, -0.2) is 0 Å². The number of rotatable bonds is 5. The second-order valence-electron chi connectivity index (χ2n) is 5.05. The van der Waals surface area contributed by atoms with Crippen molar-refractivity contribution >= 4 is 16.9 Å². The maximum absolute atomic E-state index is 12.1. The molecule has 1 amide bonds. The summed E-state index contributed by atoms with van der Waals surface area (Å²) in [7, 11) is 0. The van der Waals surface area contributed by atoms with E-state index < -0.39 is 0 Å². The van der Waals surface area contributed by atoms with Crippen LogP contribution in [0.2, 0.25) is 0 Å². The predicted molar refractivity (Wildman–Crippen MR) is 77.7 cm³/mol. The van der Waals surface area contributed by atoms with E-state index in [1.165, 1.54) is 0 Å². The number of benzene rings is 1. The number of aromatic nitrogens is 1. The summed E-state index contributed by atoms with van der Waals surface area (Å²) in [5.74, 6) is 0.780. The maximum Gasteiger partial charge on any atom is 0.226 e. The first-order valence-electron chi connectivity index (χ1n) is 6.87. The van der Waals surface area contributed by atoms with Crippen LogP contribution in [0, 0.1) is 0 Å². The molecule has 0 bridgehead atoms. The molecular formula is C16H16N2O3. The van der Waals surface area contributed by atoms with Crippen LogP contribution in [0.25, 0.3) is 11.0 Å². The zero-order valence-electron chi connectivity index (χ0n) is 11.7. The molecule has 0 saturated carbocycles. The van der Waals surface area contributed by atoms with E-state index >= 15 is 0 Å². The first-order valence-corrected chi connectivity index (χ1v) is 6.87. The number of para-hydroxylation sites is 1. The number of furan rings is 1. The molecular weight excluding hydrogens is 268 g/mol. The van der Waals surface area contributed by atoms with Crippen LogP contribution >= 0.6 is 0 Å². The van der Waals surface area contributed by atoms with Crippen LogP contribution < -0.4 is 5.32 Å². The van der Waals surface area contributed by atoms with Crippen molar-refractivity contribution in [3.63, 3.8) is 0 Å². The van der Waals surface area contributed by atoms with Gasteiger partial charge in [-0.05, 0) is 31.2 Å². The van der Waals surface area contributed by atoms with Gasteiger partial charge in [0, 0.05) is 17.8 Å². The zero-order valence-corrected chi connectivity index (χ0v) is 11.7. The molecule has 1 aromatic carbocycles. The standard InChI is InChI=1S/C16H16N2O3/c1-11(9-12-5-4-8-20-12)17-16(19)10-14-13-6-2-3-7-15(13)21-18-14/h2-8,11H,9-10H2,1H3,(H,17,19)/t11-/m0/s1. The van der Waals surface area contributed by atoms with Crippen molar-refractivity contribution in [3.8, 4) is 0 Å². The predicted octanol–water partition coefficient (Wildman–Crippen LogP) is 2.71. The average molecular weight is 284 g/mol. The smallest absolute Gasteiger partial charge is 0.226 e. The van der Waals surface area contributed by atoms with E-state index in [1.807, 2.05) is 43.3 Å². The van der Waals surface area contributed by atoms with E-state index in [4.69, 9.17) is 8.94 Å². The van der Waals surface area contributed by atoms with Crippen molar-refractivity contribution in [2.45, 2.75) is 25.8 Å². The summed E-state index contributed by atoms with van der Waals surface area (Å²) in [6.07, 6.45) is 2.50. The molecule has 0 fully saturated rings. The number of carbonyl (C=O) groups is 1. The second-order valence-corrected chi connectivity index (χ2v) is 5.05. The van der Waals surface area contributed by atoms with Crippen LogP contribution in [-0.2, 0) is 17.6 Å². The molecule has 0 aliphatic carbocycles. The summed E-state index contributed by atoms with van der Waals surface area (Å²) >= 11 is 0. The van der Waals surface area contributed by atoms with E-state index in [2.05, 4.69) is 10.5 Å². The molecule has 3 rings (SSSR count). The molecule has 5 heteroatoms. The van der Waals surface area contributed by atoms with Crippen LogP contribution in [0.1, 0.15) is 18.4 Å². The number of nitrogens with zero attached hydrogens (tertiary/aromatic N) is 1. The maximum atomic E-state index is 12.1. The van der Waals surface area contributed by atoms with Crippen molar-refractivity contribution in [2.75, 3.05) is 0 Å². The summed E-state index contributed by atoms with van der Waals surface area (Å²) < 4.78 is 10.5. The second kappa shape index (κ2) is 5.83. The first kappa shape index (κ1) is 13.4. The summed E-state index contributed by atoms with van der Waals surface area (Å²) in [6, 6.07) is 11.3. The quantitative estimate of drug-likeness (QED) is 0.782. The number of carbonyl (C=O) groups excluding carboxylic acids is 1. The molecule has 1 N–H and O–H groups in total. The molecule has 0 unspecified atom stereocenters. The molecule has 0 spiro atoms. The molecule has 0 saturated heterocycles. The minimum atomic E-state index is -0.0758. The van der Waals surface area contributed by atoms with E-state index in [-0.39, 0.29) is 18.4 Å². The van der Waals surface area contributed by atoms with Gasteiger partial charge in [0.15, 0.2) is 5.58 Å². The monoisotopic (exact) mass is 284 g/mol. The fourth-order valence-electron chi connectivity index (χ4n) is 2.33. The number of nitrogens with one attached hydrogen (secondary N) is 1. The number of fused-ring (bicyclic) bond motifs is 1. The van der Waals surface area contributed by atoms with E-state index in [0.717, 1.165) is 11.1 Å². The third-order valence-corrected chi connectivity index (χ3v) is 3.28. The van der Waals surface area contributed by atoms with Crippen molar-refractivity contribution in [1.82, 2.24) is 10.5 Å². The van der Waals surface area contributed by atoms with Gasteiger partial charge in [-0.1, -0.05) is 17.3 Å².